The fourth-order valence-electron chi connectivity index (χ4n) is 7.45. The predicted molar refractivity (Wildman–Crippen MR) is 165 cm³/mol. The minimum absolute atomic E-state index is 0.0314. The molecule has 2 saturated carbocycles. The summed E-state index contributed by atoms with van der Waals surface area (Å²) in [4.78, 5) is 83.6. The summed E-state index contributed by atoms with van der Waals surface area (Å²) < 4.78 is 0. The lowest BCUT2D eigenvalue weighted by Crippen LogP contribution is -2.77. The number of Topliss-reactive ketones (excluding diaryl/α,β-unsaturated/α-hetero) is 4. The lowest BCUT2D eigenvalue weighted by atomic mass is 9.49. The summed E-state index contributed by atoms with van der Waals surface area (Å²) in [6.07, 6.45) is -1.73. The van der Waals surface area contributed by atoms with E-state index in [1.54, 1.807) is 18.4 Å². The van der Waals surface area contributed by atoms with Gasteiger partial charge in [0.05, 0.1) is 45.8 Å². The molecule has 2 unspecified atom stereocenters. The van der Waals surface area contributed by atoms with Crippen molar-refractivity contribution in [2.45, 2.75) is 30.6 Å². The van der Waals surface area contributed by atoms with Crippen LogP contribution in [0.2, 0.25) is 0 Å². The number of rotatable bonds is 6. The van der Waals surface area contributed by atoms with Crippen molar-refractivity contribution in [3.63, 3.8) is 0 Å². The fourth-order valence-corrected chi connectivity index (χ4v) is 8.18. The number of hydrogen-bond acceptors (Lipinski definition) is 14. The highest BCUT2D eigenvalue weighted by Crippen LogP contribution is 2.55. The topological polar surface area (TPSA) is 243 Å². The van der Waals surface area contributed by atoms with Crippen LogP contribution in [-0.4, -0.2) is 91.0 Å². The number of nitrogens with zero attached hydrogens (tertiary/aromatic N) is 3. The van der Waals surface area contributed by atoms with E-state index in [1.807, 2.05) is 0 Å². The Morgan fingerprint density at radius 2 is 1.85 bits per heavy atom. The van der Waals surface area contributed by atoms with Gasteiger partial charge in [-0.3, -0.25) is 39.0 Å². The number of amides is 1. The van der Waals surface area contributed by atoms with Gasteiger partial charge in [-0.15, -0.1) is 11.3 Å². The quantitative estimate of drug-likeness (QED) is 0.108. The van der Waals surface area contributed by atoms with Gasteiger partial charge in [0.25, 0.3) is 5.69 Å². The van der Waals surface area contributed by atoms with Crippen LogP contribution in [0, 0.1) is 33.8 Å². The van der Waals surface area contributed by atoms with Crippen molar-refractivity contribution < 1.29 is 44.2 Å². The van der Waals surface area contributed by atoms with Gasteiger partial charge in [-0.25, -0.2) is 4.98 Å². The molecule has 2 fully saturated rings. The second-order valence-corrected chi connectivity index (χ2v) is 13.1. The third-order valence-corrected chi connectivity index (χ3v) is 10.3. The predicted octanol–water partition coefficient (Wildman–Crippen LogP) is 1.17. The average Bonchev–Trinajstić information content (AvgIpc) is 3.48. The number of nitro groups is 1. The molecule has 16 heteroatoms. The van der Waals surface area contributed by atoms with E-state index < -0.39 is 87.0 Å². The molecule has 47 heavy (non-hydrogen) atoms. The first-order valence-corrected chi connectivity index (χ1v) is 15.3. The lowest BCUT2D eigenvalue weighted by Gasteiger charge is -2.56. The van der Waals surface area contributed by atoms with Crippen molar-refractivity contribution in [1.29, 1.82) is 0 Å². The second-order valence-electron chi connectivity index (χ2n) is 12.3. The summed E-state index contributed by atoms with van der Waals surface area (Å²) in [6.45, 7) is 1.62. The Kier molecular flexibility index (Phi) is 7.58. The number of aromatic hydroxyl groups is 1. The molecule has 2 aromatic carbocycles. The number of hydrogen-bond donors (Lipinski definition) is 5. The first-order chi connectivity index (χ1) is 22.1. The van der Waals surface area contributed by atoms with Crippen LogP contribution in [0.3, 0.4) is 0 Å². The molecule has 0 radical (unpaired) electrons. The number of phenols is 1. The van der Waals surface area contributed by atoms with Crippen LogP contribution in [0.1, 0.15) is 28.8 Å². The van der Waals surface area contributed by atoms with Crippen LogP contribution >= 0.6 is 11.3 Å². The highest BCUT2D eigenvalue weighted by molar-refractivity contribution is 7.14. The molecule has 244 valence electrons. The van der Waals surface area contributed by atoms with Crippen molar-refractivity contribution in [3.05, 3.63) is 63.0 Å². The summed E-state index contributed by atoms with van der Waals surface area (Å²) >= 11 is 1.12. The number of likely N-dealkylation sites (N-methyl/N-ethyl adjacent to an activating group) is 1. The molecule has 3 aromatic rings. The molecule has 15 nitrogen and oxygen atoms in total. The maximum Gasteiger partial charge on any atom is 0.270 e. The summed E-state index contributed by atoms with van der Waals surface area (Å²) in [6, 6.07) is 7.43. The second kappa shape index (κ2) is 11.1. The Balaban J connectivity index is 1.39. The summed E-state index contributed by atoms with van der Waals surface area (Å²) in [5.41, 5.74) is 3.08. The van der Waals surface area contributed by atoms with E-state index in [2.05, 4.69) is 10.3 Å². The third-order valence-electron chi connectivity index (χ3n) is 9.59. The zero-order chi connectivity index (χ0) is 34.3. The maximum atomic E-state index is 14.1. The average molecular weight is 664 g/mol. The van der Waals surface area contributed by atoms with Gasteiger partial charge in [-0.1, -0.05) is 25.1 Å². The Labute approximate surface area is 270 Å². The first-order valence-electron chi connectivity index (χ1n) is 14.5. The molecule has 0 spiro atoms. The van der Waals surface area contributed by atoms with Gasteiger partial charge in [-0.2, -0.15) is 0 Å². The Morgan fingerprint density at radius 1 is 1.15 bits per heavy atom. The first kappa shape index (κ1) is 32.1. The number of nitro benzene ring substituents is 1. The SMILES string of the molecule is C[C@@H]1c2ccc(Nc3nc(-c4cccc([N+](=O)[O-])c4)cs3)c(O)c2C(=O)C2C(=O)[C@@]3(O)C(=O)C(C(N)=O)C(=O)[C@H](N(C)C)[C@H]3[C@H](O)[C@H]21. The zero-order valence-electron chi connectivity index (χ0n) is 25.1. The fraction of sp³-hybridized carbons (Fsp3) is 0.355. The highest BCUT2D eigenvalue weighted by Gasteiger charge is 2.72. The van der Waals surface area contributed by atoms with Gasteiger partial charge in [0.15, 0.2) is 39.8 Å². The Hall–Kier alpha value is -4.90. The largest absolute Gasteiger partial charge is 0.505 e. The number of nitrogens with two attached hydrogens (primary N) is 1. The van der Waals surface area contributed by atoms with E-state index in [0.29, 0.717) is 11.3 Å². The third kappa shape index (κ3) is 4.58. The van der Waals surface area contributed by atoms with E-state index in [4.69, 9.17) is 5.73 Å². The number of nitrogens with one attached hydrogen (secondary N) is 1. The number of thiazole rings is 1. The molecule has 1 heterocycles. The summed E-state index contributed by atoms with van der Waals surface area (Å²) in [5.74, 6) is -14.3. The standard InChI is InChI=1S/C31H29N5O10S/c1-11-14-7-8-15(33-30-34-16(10-47-30)12-5-4-6-13(9-12)36(45)46)23(37)18(14)24(38)19-17(11)25(39)21-22(35(2)3)26(40)20(29(32)43)28(42)31(21,44)27(19)41/h4-11,17,19-22,25,37,39,44H,1-3H3,(H2,32,43)(H,33,34)/t11-,17+,19?,20?,21+,22-,25-,31-/m1/s1. The van der Waals surface area contributed by atoms with E-state index in [-0.39, 0.29) is 27.6 Å². The molecule has 6 N–H and O–H groups in total. The number of anilines is 2. The number of aliphatic hydroxyl groups is 2. The smallest absolute Gasteiger partial charge is 0.270 e. The number of fused-ring (bicyclic) bond motifs is 3. The van der Waals surface area contributed by atoms with E-state index in [9.17, 15) is 49.4 Å². The van der Waals surface area contributed by atoms with Crippen molar-refractivity contribution in [2.75, 3.05) is 19.4 Å². The van der Waals surface area contributed by atoms with Gasteiger partial charge in [-0.05, 0) is 31.6 Å². The molecular weight excluding hydrogens is 634 g/mol. The zero-order valence-corrected chi connectivity index (χ0v) is 25.9. The van der Waals surface area contributed by atoms with Gasteiger partial charge >= 0.3 is 0 Å². The lowest BCUT2D eigenvalue weighted by molar-refractivity contribution is -0.384. The molecule has 1 amide bonds. The maximum absolute atomic E-state index is 14.1. The van der Waals surface area contributed by atoms with Crippen molar-refractivity contribution in [1.82, 2.24) is 9.88 Å². The number of aliphatic hydroxyl groups excluding tert-OH is 1. The van der Waals surface area contributed by atoms with Gasteiger partial charge in [0.2, 0.25) is 5.91 Å². The molecular formula is C31H29N5O10S. The minimum atomic E-state index is -3.09. The summed E-state index contributed by atoms with van der Waals surface area (Å²) in [5, 5.41) is 50.9. The van der Waals surface area contributed by atoms with Crippen LogP contribution < -0.4 is 11.1 Å². The number of aromatic nitrogens is 1. The van der Waals surface area contributed by atoms with Gasteiger partial charge in [0, 0.05) is 29.0 Å². The monoisotopic (exact) mass is 663 g/mol. The van der Waals surface area contributed by atoms with Crippen LogP contribution in [0.25, 0.3) is 11.3 Å². The normalized spacial score (nSPS) is 30.0. The molecule has 3 aliphatic carbocycles. The Morgan fingerprint density at radius 3 is 2.49 bits per heavy atom. The van der Waals surface area contributed by atoms with E-state index >= 15 is 0 Å². The number of carbonyl (C=O) groups excluding carboxylic acids is 5. The number of ketones is 4. The Bertz CT molecular complexity index is 1910. The van der Waals surface area contributed by atoms with Crippen molar-refractivity contribution in [3.8, 4) is 17.0 Å². The van der Waals surface area contributed by atoms with Crippen LogP contribution in [0.4, 0.5) is 16.5 Å². The molecule has 6 rings (SSSR count). The summed E-state index contributed by atoms with van der Waals surface area (Å²) in [7, 11) is 2.85. The highest BCUT2D eigenvalue weighted by atomic mass is 32.1. The number of phenolic OH excluding ortho intramolecular Hbond substituents is 1. The number of benzene rings is 2. The van der Waals surface area contributed by atoms with Crippen LogP contribution in [-0.2, 0) is 19.2 Å². The van der Waals surface area contributed by atoms with Gasteiger partial charge < -0.3 is 26.4 Å². The van der Waals surface area contributed by atoms with Gasteiger partial charge in [0.1, 0.15) is 5.75 Å². The van der Waals surface area contributed by atoms with Crippen molar-refractivity contribution in [2.24, 2.45) is 29.4 Å². The van der Waals surface area contributed by atoms with Crippen LogP contribution in [0.5, 0.6) is 5.75 Å². The molecule has 0 bridgehead atoms. The van der Waals surface area contributed by atoms with Crippen LogP contribution in [0.15, 0.2) is 41.8 Å². The van der Waals surface area contributed by atoms with Crippen molar-refractivity contribution >= 4 is 56.9 Å². The molecule has 8 atom stereocenters. The number of non-ortho nitro benzene ring substituents is 1. The number of primary amides is 1. The van der Waals surface area contributed by atoms with E-state index in [1.165, 1.54) is 49.3 Å². The molecule has 0 saturated heterocycles. The number of carbonyl (C=O) groups is 5. The minimum Gasteiger partial charge on any atom is -0.505 e. The molecule has 1 aromatic heterocycles. The molecule has 0 aliphatic heterocycles. The van der Waals surface area contributed by atoms with E-state index in [0.717, 1.165) is 11.3 Å². The molecule has 3 aliphatic rings.